The molecule has 0 aliphatic rings. The molecule has 0 aliphatic heterocycles. The molecule has 2 N–H and O–H groups in total. The predicted octanol–water partition coefficient (Wildman–Crippen LogP) is 4.18. The van der Waals surface area contributed by atoms with Crippen molar-refractivity contribution in [2.45, 2.75) is 19.9 Å². The average Bonchev–Trinajstić information content (AvgIpc) is 2.52. The highest BCUT2D eigenvalue weighted by atomic mass is 35.5. The normalized spacial score (nSPS) is 10.2. The lowest BCUT2D eigenvalue weighted by molar-refractivity contribution is 0.410. The zero-order chi connectivity index (χ0) is 15.1. The van der Waals surface area contributed by atoms with Crippen LogP contribution in [0.2, 0.25) is 5.02 Å². The first-order valence-electron chi connectivity index (χ1n) is 7.00. The molecule has 4 nitrogen and oxygen atoms in total. The van der Waals surface area contributed by atoms with Crippen molar-refractivity contribution in [2.75, 3.05) is 24.3 Å². The van der Waals surface area contributed by atoms with Crippen LogP contribution >= 0.6 is 11.6 Å². The Balaban J connectivity index is 2.06. The Morgan fingerprint density at radius 2 is 1.81 bits per heavy atom. The number of halogens is 1. The Morgan fingerprint density at radius 1 is 1.10 bits per heavy atom. The predicted molar refractivity (Wildman–Crippen MR) is 88.3 cm³/mol. The number of anilines is 2. The molecular formula is C16H20ClN3O. The van der Waals surface area contributed by atoms with Crippen LogP contribution in [0.4, 0.5) is 11.6 Å². The van der Waals surface area contributed by atoms with Crippen molar-refractivity contribution in [2.24, 2.45) is 0 Å². The highest BCUT2D eigenvalue weighted by Crippen LogP contribution is 2.26. The maximum Gasteiger partial charge on any atom is 0.128 e. The van der Waals surface area contributed by atoms with Crippen molar-refractivity contribution < 1.29 is 4.74 Å². The van der Waals surface area contributed by atoms with Crippen molar-refractivity contribution in [1.29, 1.82) is 0 Å². The van der Waals surface area contributed by atoms with E-state index >= 15 is 0 Å². The van der Waals surface area contributed by atoms with Gasteiger partial charge in [0.25, 0.3) is 0 Å². The van der Waals surface area contributed by atoms with Gasteiger partial charge in [0.2, 0.25) is 0 Å². The van der Waals surface area contributed by atoms with Gasteiger partial charge in [-0.3, -0.25) is 0 Å². The van der Waals surface area contributed by atoms with Crippen LogP contribution < -0.4 is 15.4 Å². The van der Waals surface area contributed by atoms with Crippen molar-refractivity contribution in [3.8, 4) is 5.75 Å². The van der Waals surface area contributed by atoms with Crippen molar-refractivity contribution in [3.05, 3.63) is 47.0 Å². The molecular weight excluding hydrogens is 286 g/mol. The molecule has 5 heteroatoms. The molecule has 0 saturated heterocycles. The minimum Gasteiger partial charge on any atom is -0.496 e. The number of nitrogens with one attached hydrogen (secondary N) is 2. The number of aromatic nitrogens is 1. The van der Waals surface area contributed by atoms with Crippen LogP contribution in [0.25, 0.3) is 0 Å². The Kier molecular flexibility index (Phi) is 5.69. The van der Waals surface area contributed by atoms with E-state index < -0.39 is 0 Å². The largest absolute Gasteiger partial charge is 0.496 e. The maximum absolute atomic E-state index is 6.22. The SMILES string of the molecule is CCCNc1cccc(NCc2c(Cl)cccc2OC)n1. The number of hydrogen-bond donors (Lipinski definition) is 2. The number of nitrogens with zero attached hydrogens (tertiary/aromatic N) is 1. The molecule has 0 fully saturated rings. The molecule has 1 aromatic heterocycles. The second kappa shape index (κ2) is 7.74. The molecule has 0 amide bonds. The Bertz CT molecular complexity index is 589. The Hall–Kier alpha value is -1.94. The van der Waals surface area contributed by atoms with Gasteiger partial charge < -0.3 is 15.4 Å². The van der Waals surface area contributed by atoms with Crippen LogP contribution in [0.5, 0.6) is 5.75 Å². The monoisotopic (exact) mass is 305 g/mol. The van der Waals surface area contributed by atoms with Crippen LogP contribution in [-0.2, 0) is 6.54 Å². The second-order valence-corrected chi connectivity index (χ2v) is 5.02. The highest BCUT2D eigenvalue weighted by molar-refractivity contribution is 6.31. The first-order valence-corrected chi connectivity index (χ1v) is 7.38. The first kappa shape index (κ1) is 15.4. The van der Waals surface area contributed by atoms with E-state index in [0.717, 1.165) is 35.9 Å². The third-order valence-electron chi connectivity index (χ3n) is 3.05. The summed E-state index contributed by atoms with van der Waals surface area (Å²) < 4.78 is 5.33. The molecule has 2 aromatic rings. The fourth-order valence-corrected chi connectivity index (χ4v) is 2.20. The van der Waals surface area contributed by atoms with E-state index in [9.17, 15) is 0 Å². The van der Waals surface area contributed by atoms with Crippen molar-refractivity contribution >= 4 is 23.2 Å². The zero-order valence-corrected chi connectivity index (χ0v) is 13.1. The highest BCUT2D eigenvalue weighted by Gasteiger charge is 2.07. The van der Waals surface area contributed by atoms with Gasteiger partial charge in [-0.1, -0.05) is 30.7 Å². The molecule has 0 atom stereocenters. The number of hydrogen-bond acceptors (Lipinski definition) is 4. The quantitative estimate of drug-likeness (QED) is 0.805. The van der Waals surface area contributed by atoms with Gasteiger partial charge in [-0.15, -0.1) is 0 Å². The van der Waals surface area contributed by atoms with E-state index in [1.807, 2.05) is 36.4 Å². The summed E-state index contributed by atoms with van der Waals surface area (Å²) >= 11 is 6.22. The summed E-state index contributed by atoms with van der Waals surface area (Å²) in [6.07, 6.45) is 1.07. The van der Waals surface area contributed by atoms with Gasteiger partial charge in [0.15, 0.2) is 0 Å². The van der Waals surface area contributed by atoms with Crippen molar-refractivity contribution in [1.82, 2.24) is 4.98 Å². The van der Waals surface area contributed by atoms with E-state index in [1.165, 1.54) is 0 Å². The van der Waals surface area contributed by atoms with Crippen LogP contribution in [0.3, 0.4) is 0 Å². The maximum atomic E-state index is 6.22. The minimum absolute atomic E-state index is 0.563. The van der Waals surface area contributed by atoms with E-state index in [2.05, 4.69) is 22.5 Å². The van der Waals surface area contributed by atoms with E-state index in [1.54, 1.807) is 7.11 Å². The number of methoxy groups -OCH3 is 1. The van der Waals surface area contributed by atoms with E-state index in [-0.39, 0.29) is 0 Å². The zero-order valence-electron chi connectivity index (χ0n) is 12.3. The number of ether oxygens (including phenoxy) is 1. The van der Waals surface area contributed by atoms with Gasteiger partial charge in [0.1, 0.15) is 17.4 Å². The molecule has 0 spiro atoms. The molecule has 112 valence electrons. The number of rotatable bonds is 7. The third kappa shape index (κ3) is 4.26. The summed E-state index contributed by atoms with van der Waals surface area (Å²) in [7, 11) is 1.64. The molecule has 0 unspecified atom stereocenters. The van der Waals surface area contributed by atoms with Crippen LogP contribution in [0, 0.1) is 0 Å². The molecule has 0 radical (unpaired) electrons. The van der Waals surface area contributed by atoms with E-state index in [4.69, 9.17) is 16.3 Å². The lowest BCUT2D eigenvalue weighted by Gasteiger charge is -2.12. The lowest BCUT2D eigenvalue weighted by Crippen LogP contribution is -2.06. The number of benzene rings is 1. The third-order valence-corrected chi connectivity index (χ3v) is 3.40. The standard InChI is InChI=1S/C16H20ClN3O/c1-3-10-18-15-8-5-9-16(20-15)19-11-12-13(17)6-4-7-14(12)21-2/h4-9H,3,10-11H2,1-2H3,(H2,18,19,20). The van der Waals surface area contributed by atoms with Gasteiger partial charge in [0.05, 0.1) is 7.11 Å². The molecule has 21 heavy (non-hydrogen) atoms. The average molecular weight is 306 g/mol. The molecule has 0 aliphatic carbocycles. The van der Waals surface area contributed by atoms with Crippen molar-refractivity contribution in [3.63, 3.8) is 0 Å². The molecule has 0 saturated carbocycles. The van der Waals surface area contributed by atoms with Gasteiger partial charge in [0, 0.05) is 23.7 Å². The molecule has 1 aromatic carbocycles. The van der Waals surface area contributed by atoms with Crippen LogP contribution in [-0.4, -0.2) is 18.6 Å². The minimum atomic E-state index is 0.563. The fraction of sp³-hybridized carbons (Fsp3) is 0.312. The smallest absolute Gasteiger partial charge is 0.128 e. The molecule has 2 rings (SSSR count). The van der Waals surface area contributed by atoms with Gasteiger partial charge in [-0.2, -0.15) is 0 Å². The molecule has 1 heterocycles. The van der Waals surface area contributed by atoms with Crippen LogP contribution in [0.15, 0.2) is 36.4 Å². The summed E-state index contributed by atoms with van der Waals surface area (Å²) in [5.41, 5.74) is 0.926. The lowest BCUT2D eigenvalue weighted by atomic mass is 10.2. The van der Waals surface area contributed by atoms with Gasteiger partial charge >= 0.3 is 0 Å². The Morgan fingerprint density at radius 3 is 2.52 bits per heavy atom. The fourth-order valence-electron chi connectivity index (χ4n) is 1.97. The van der Waals surface area contributed by atoms with E-state index in [0.29, 0.717) is 11.6 Å². The van der Waals surface area contributed by atoms with Gasteiger partial charge in [-0.25, -0.2) is 4.98 Å². The van der Waals surface area contributed by atoms with Gasteiger partial charge in [-0.05, 0) is 30.7 Å². The summed E-state index contributed by atoms with van der Waals surface area (Å²) in [6, 6.07) is 11.5. The first-order chi connectivity index (χ1) is 10.2. The summed E-state index contributed by atoms with van der Waals surface area (Å²) in [5, 5.41) is 7.23. The summed E-state index contributed by atoms with van der Waals surface area (Å²) in [6.45, 7) is 3.60. The number of pyridine rings is 1. The summed E-state index contributed by atoms with van der Waals surface area (Å²) in [5.74, 6) is 2.45. The molecule has 0 bridgehead atoms. The topological polar surface area (TPSA) is 46.2 Å². The Labute approximate surface area is 130 Å². The summed E-state index contributed by atoms with van der Waals surface area (Å²) in [4.78, 5) is 4.50. The second-order valence-electron chi connectivity index (χ2n) is 4.61. The van der Waals surface area contributed by atoms with Crippen LogP contribution in [0.1, 0.15) is 18.9 Å².